The molecule has 0 fully saturated rings. The van der Waals surface area contributed by atoms with Crippen molar-refractivity contribution < 1.29 is 88.4 Å². The Kier molecular flexibility index (Phi) is 10.6. The zero-order valence-electron chi connectivity index (χ0n) is 29.9. The first-order valence-electron chi connectivity index (χ1n) is 16.7. The summed E-state index contributed by atoms with van der Waals surface area (Å²) in [5.41, 5.74) is 0. The number of hydrogen-bond acceptors (Lipinski definition) is 21. The summed E-state index contributed by atoms with van der Waals surface area (Å²) >= 11 is 0. The highest BCUT2D eigenvalue weighted by Gasteiger charge is 2.50. The van der Waals surface area contributed by atoms with E-state index in [-0.39, 0.29) is 0 Å². The van der Waals surface area contributed by atoms with Crippen LogP contribution in [-0.4, -0.2) is 61.3 Å². The fourth-order valence-electron chi connectivity index (χ4n) is 5.03. The third-order valence-electron chi connectivity index (χ3n) is 7.85. The Morgan fingerprint density at radius 3 is 0.550 bits per heavy atom. The molecule has 0 saturated heterocycles. The number of para-hydroxylation sites is 6. The Balaban J connectivity index is 1.68. The second-order valence-electron chi connectivity index (χ2n) is 12.0. The van der Waals surface area contributed by atoms with Crippen molar-refractivity contribution in [3.63, 3.8) is 0 Å². The van der Waals surface area contributed by atoms with Crippen molar-refractivity contribution in [1.82, 2.24) is 0 Å². The van der Waals surface area contributed by atoms with Crippen LogP contribution < -0.4 is 27.1 Å². The van der Waals surface area contributed by atoms with E-state index < -0.39 is 126 Å². The zero-order valence-corrected chi connectivity index (χ0v) is 32.6. The van der Waals surface area contributed by atoms with Gasteiger partial charge < -0.3 is 88.4 Å². The minimum Gasteiger partial charge on any atom is -0.504 e. The molecule has 312 valence electrons. The van der Waals surface area contributed by atoms with Crippen LogP contribution >= 0.6 is 23.0 Å². The molecule has 6 aromatic carbocycles. The minimum absolute atomic E-state index is 0.658. The first kappa shape index (κ1) is 40.6. The van der Waals surface area contributed by atoms with E-state index in [0.29, 0.717) is 0 Å². The molecule has 0 spiro atoms. The van der Waals surface area contributed by atoms with Gasteiger partial charge in [0.05, 0.1) is 0 Å². The van der Waals surface area contributed by atoms with Crippen molar-refractivity contribution in [2.75, 3.05) is 0 Å². The van der Waals surface area contributed by atoms with Crippen LogP contribution in [0.3, 0.4) is 0 Å². The molecule has 1 heterocycles. The number of aromatic hydroxyl groups is 12. The molecule has 24 heteroatoms. The minimum atomic E-state index is -5.19. The van der Waals surface area contributed by atoms with Crippen LogP contribution in [0.15, 0.2) is 123 Å². The maximum atomic E-state index is 11.0. The average Bonchev–Trinajstić information content (AvgIpc) is 3.19. The molecule has 0 bridgehead atoms. The van der Waals surface area contributed by atoms with Crippen molar-refractivity contribution in [3.05, 3.63) is 109 Å². The fraction of sp³-hybridized carbons (Fsp3) is 0. The topological polar surface area (TPSA) is 335 Å². The van der Waals surface area contributed by atoms with E-state index in [0.717, 1.165) is 72.8 Å². The summed E-state index contributed by atoms with van der Waals surface area (Å²) in [7, 11) is -15.6. The van der Waals surface area contributed by atoms with Crippen LogP contribution in [0.5, 0.6) is 103 Å². The van der Waals surface area contributed by atoms with E-state index in [1.807, 2.05) is 0 Å². The summed E-state index contributed by atoms with van der Waals surface area (Å²) in [6.45, 7) is 0. The largest absolute Gasteiger partial charge is 0.504 e. The molecule has 21 nitrogen and oxygen atoms in total. The number of phenols is 12. The summed E-state index contributed by atoms with van der Waals surface area (Å²) in [5, 5.41) is 129. The van der Waals surface area contributed by atoms with Gasteiger partial charge in [0.25, 0.3) is 0 Å². The van der Waals surface area contributed by atoms with Crippen LogP contribution in [0.25, 0.3) is 0 Å². The number of nitrogens with zero attached hydrogens (tertiary/aromatic N) is 3. The lowest BCUT2D eigenvalue weighted by Crippen LogP contribution is -2.11. The van der Waals surface area contributed by atoms with Gasteiger partial charge in [0.1, 0.15) is 0 Å². The van der Waals surface area contributed by atoms with Crippen LogP contribution in [0, 0.1) is 0 Å². The summed E-state index contributed by atoms with van der Waals surface area (Å²) in [5.74, 6) is -14.1. The summed E-state index contributed by atoms with van der Waals surface area (Å²) in [6, 6.07) is 20.2. The molecular weight excluding hydrogens is 855 g/mol. The van der Waals surface area contributed by atoms with Crippen molar-refractivity contribution in [3.8, 4) is 103 Å². The molecule has 0 atom stereocenters. The summed E-state index contributed by atoms with van der Waals surface area (Å²) < 4.78 is 50.9. The van der Waals surface area contributed by atoms with Gasteiger partial charge in [0.15, 0.2) is 69.0 Å². The van der Waals surface area contributed by atoms with E-state index >= 15 is 0 Å². The molecule has 60 heavy (non-hydrogen) atoms. The first-order chi connectivity index (χ1) is 28.5. The molecule has 0 radical (unpaired) electrons. The Morgan fingerprint density at radius 2 is 0.400 bits per heavy atom. The highest BCUT2D eigenvalue weighted by atomic mass is 31.3. The van der Waals surface area contributed by atoms with Gasteiger partial charge in [-0.1, -0.05) is 49.9 Å². The van der Waals surface area contributed by atoms with Gasteiger partial charge in [-0.05, 0) is 72.8 Å². The fourth-order valence-corrected chi connectivity index (χ4v) is 14.1. The van der Waals surface area contributed by atoms with Crippen LogP contribution in [0.4, 0.5) is 0 Å². The maximum Gasteiger partial charge on any atom is 0.461 e. The smallest absolute Gasteiger partial charge is 0.461 e. The van der Waals surface area contributed by atoms with Crippen LogP contribution in [0.1, 0.15) is 0 Å². The van der Waals surface area contributed by atoms with Gasteiger partial charge in [-0.3, -0.25) is 0 Å². The second-order valence-corrected chi connectivity index (χ2v) is 18.2. The number of rotatable bonds is 12. The summed E-state index contributed by atoms with van der Waals surface area (Å²) in [4.78, 5) is 0. The Hall–Kier alpha value is -7.59. The Labute approximate surface area is 337 Å². The van der Waals surface area contributed by atoms with Gasteiger partial charge in [-0.25, -0.2) is 0 Å². The molecule has 6 aromatic rings. The molecule has 0 amide bonds. The van der Waals surface area contributed by atoms with E-state index in [2.05, 4.69) is 13.5 Å². The second kappa shape index (κ2) is 15.6. The number of phenolic OH excluding ortho intramolecular Hbond substituents is 12. The molecule has 12 N–H and O–H groups in total. The normalized spacial score (nSPS) is 14.6. The van der Waals surface area contributed by atoms with E-state index in [1.54, 1.807) is 0 Å². The zero-order chi connectivity index (χ0) is 43.0. The Bertz CT molecular complexity index is 2350. The molecule has 1 aliphatic heterocycles. The van der Waals surface area contributed by atoms with Crippen LogP contribution in [0.2, 0.25) is 0 Å². The van der Waals surface area contributed by atoms with Gasteiger partial charge in [0, 0.05) is 0 Å². The van der Waals surface area contributed by atoms with Crippen molar-refractivity contribution in [1.29, 1.82) is 0 Å². The maximum absolute atomic E-state index is 11.0. The van der Waals surface area contributed by atoms with Crippen LogP contribution in [-0.2, 0) is 0 Å². The third-order valence-corrected chi connectivity index (χ3v) is 15.9. The molecule has 0 aliphatic carbocycles. The van der Waals surface area contributed by atoms with E-state index in [9.17, 15) is 61.3 Å². The third kappa shape index (κ3) is 7.95. The monoisotopic (exact) mass is 885 g/mol. The summed E-state index contributed by atoms with van der Waals surface area (Å²) in [6.07, 6.45) is 0. The van der Waals surface area contributed by atoms with E-state index in [1.165, 1.54) is 36.4 Å². The van der Waals surface area contributed by atoms with E-state index in [4.69, 9.17) is 27.1 Å². The van der Waals surface area contributed by atoms with Crippen molar-refractivity contribution in [2.45, 2.75) is 0 Å². The highest BCUT2D eigenvalue weighted by molar-refractivity contribution is 7.79. The molecule has 0 saturated carbocycles. The first-order valence-corrected chi connectivity index (χ1v) is 21.3. The number of hydrogen-bond donors (Lipinski definition) is 12. The van der Waals surface area contributed by atoms with Gasteiger partial charge in [-0.15, -0.1) is 0 Å². The van der Waals surface area contributed by atoms with Gasteiger partial charge in [0.2, 0.25) is 34.5 Å². The predicted molar refractivity (Wildman–Crippen MR) is 210 cm³/mol. The van der Waals surface area contributed by atoms with Gasteiger partial charge >= 0.3 is 23.0 Å². The number of benzene rings is 6. The lowest BCUT2D eigenvalue weighted by atomic mass is 10.3. The lowest BCUT2D eigenvalue weighted by Gasteiger charge is -2.33. The molecular formula is C36H30N3O18P3. The van der Waals surface area contributed by atoms with Crippen molar-refractivity contribution in [2.24, 2.45) is 13.5 Å². The molecule has 1 aliphatic rings. The standard InChI is InChI=1S/C36H30N3O18P3/c40-19-7-1-13-25(31(19)46)52-58(53-26-14-2-8-20(41)32(26)47)37-59(54-27-15-3-9-21(42)33(27)48,55-28-16-4-10-22(43)34(28)49)39-60(38-58,56-29-17-5-11-23(44)35(29)50)57-30-18-6-12-24(45)36(30)51/h1-18,40-51H. The highest BCUT2D eigenvalue weighted by Crippen LogP contribution is 2.80. The van der Waals surface area contributed by atoms with Gasteiger partial charge in [-0.2, -0.15) is 0 Å². The quantitative estimate of drug-likeness (QED) is 0.0403. The average molecular weight is 886 g/mol. The van der Waals surface area contributed by atoms with Crippen molar-refractivity contribution >= 4 is 23.0 Å². The molecule has 0 aromatic heterocycles. The Morgan fingerprint density at radius 1 is 0.250 bits per heavy atom. The SMILES string of the molecule is Oc1cccc(OP2(Oc3cccc(O)c3O)=NP(Oc3cccc(O)c3O)(Oc3cccc(O)c3O)=NP(Oc3cccc(O)c3O)(Oc3cccc(O)c3O)=N2)c1O. The lowest BCUT2D eigenvalue weighted by molar-refractivity contribution is 0.361. The molecule has 0 unspecified atom stereocenters. The predicted octanol–water partition coefficient (Wildman–Crippen LogP) is 8.78. The molecule has 7 rings (SSSR count).